The molecule has 0 radical (unpaired) electrons. The Morgan fingerprint density at radius 2 is 1.52 bits per heavy atom. The maximum Gasteiger partial charge on any atom is 0.164 e. The molecule has 5 rings (SSSR count). The van der Waals surface area contributed by atoms with E-state index in [4.69, 9.17) is 0 Å². The molecule has 4 bridgehead atoms. The third-order valence-electron chi connectivity index (χ3n) is 6.29. The summed E-state index contributed by atoms with van der Waals surface area (Å²) in [6, 6.07) is 3.15. The van der Waals surface area contributed by atoms with E-state index in [1.54, 1.807) is 19.1 Å². The summed E-state index contributed by atoms with van der Waals surface area (Å²) < 4.78 is 28.0. The van der Waals surface area contributed by atoms with Crippen LogP contribution in [-0.4, -0.2) is 5.11 Å². The minimum Gasteiger partial charge on any atom is -0.388 e. The van der Waals surface area contributed by atoms with Gasteiger partial charge in [-0.3, -0.25) is 0 Å². The number of hydrogen-bond donors (Lipinski definition) is 1. The van der Waals surface area contributed by atoms with Crippen LogP contribution in [0.25, 0.3) is 0 Å². The zero-order chi connectivity index (χ0) is 14.7. The van der Waals surface area contributed by atoms with Gasteiger partial charge in [-0.1, -0.05) is 12.1 Å². The van der Waals surface area contributed by atoms with E-state index in [1.165, 1.54) is 32.1 Å². The molecule has 114 valence electrons. The van der Waals surface area contributed by atoms with Gasteiger partial charge in [0.1, 0.15) is 0 Å². The molecule has 0 aromatic heterocycles. The fourth-order valence-corrected chi connectivity index (χ4v) is 5.58. The van der Waals surface area contributed by atoms with Crippen LogP contribution in [0.1, 0.15) is 49.3 Å². The Bertz CT molecular complexity index is 541. The number of halogens is 2. The van der Waals surface area contributed by atoms with E-state index in [1.807, 2.05) is 0 Å². The molecule has 0 heterocycles. The Hall–Kier alpha value is -0.960. The van der Waals surface area contributed by atoms with Crippen molar-refractivity contribution < 1.29 is 13.9 Å². The zero-order valence-electron chi connectivity index (χ0n) is 12.4. The molecule has 21 heavy (non-hydrogen) atoms. The van der Waals surface area contributed by atoms with Crippen LogP contribution in [0.3, 0.4) is 0 Å². The molecule has 4 aliphatic rings. The molecular weight excluding hydrogens is 270 g/mol. The summed E-state index contributed by atoms with van der Waals surface area (Å²) >= 11 is 0. The lowest BCUT2D eigenvalue weighted by atomic mass is 9.50. The maximum atomic E-state index is 14.2. The number of benzene rings is 1. The van der Waals surface area contributed by atoms with E-state index >= 15 is 0 Å². The van der Waals surface area contributed by atoms with Gasteiger partial charge in [0.25, 0.3) is 0 Å². The summed E-state index contributed by atoms with van der Waals surface area (Å²) in [7, 11) is 0. The Morgan fingerprint density at radius 1 is 0.952 bits per heavy atom. The Kier molecular flexibility index (Phi) is 3.11. The lowest BCUT2D eigenvalue weighted by Crippen LogP contribution is -2.47. The fraction of sp³-hybridized carbons (Fsp3) is 0.667. The Labute approximate surface area is 124 Å². The van der Waals surface area contributed by atoms with Crippen LogP contribution in [0.5, 0.6) is 0 Å². The number of aryl methyl sites for hydroxylation is 1. The van der Waals surface area contributed by atoms with Crippen molar-refractivity contribution in [2.75, 3.05) is 0 Å². The zero-order valence-corrected chi connectivity index (χ0v) is 12.4. The van der Waals surface area contributed by atoms with E-state index in [0.29, 0.717) is 17.4 Å². The van der Waals surface area contributed by atoms with E-state index in [9.17, 15) is 13.9 Å². The van der Waals surface area contributed by atoms with E-state index < -0.39 is 17.7 Å². The lowest BCUT2D eigenvalue weighted by Gasteiger charge is -2.55. The molecule has 1 unspecified atom stereocenters. The van der Waals surface area contributed by atoms with Gasteiger partial charge in [0.2, 0.25) is 0 Å². The van der Waals surface area contributed by atoms with Crippen LogP contribution < -0.4 is 0 Å². The van der Waals surface area contributed by atoms with Crippen molar-refractivity contribution in [2.24, 2.45) is 29.6 Å². The second-order valence-corrected chi connectivity index (χ2v) is 7.55. The molecule has 4 fully saturated rings. The normalized spacial score (nSPS) is 38.8. The van der Waals surface area contributed by atoms with Crippen molar-refractivity contribution in [3.8, 4) is 0 Å². The summed E-state index contributed by atoms with van der Waals surface area (Å²) in [4.78, 5) is 0. The number of hydrogen-bond acceptors (Lipinski definition) is 1. The molecular formula is C18H22F2O. The largest absolute Gasteiger partial charge is 0.388 e. The highest BCUT2D eigenvalue weighted by molar-refractivity contribution is 5.28. The van der Waals surface area contributed by atoms with Gasteiger partial charge >= 0.3 is 0 Å². The number of aliphatic hydroxyl groups is 1. The summed E-state index contributed by atoms with van der Waals surface area (Å²) in [5.74, 6) is 1.09. The van der Waals surface area contributed by atoms with Crippen molar-refractivity contribution in [1.82, 2.24) is 0 Å². The third kappa shape index (κ3) is 2.04. The third-order valence-corrected chi connectivity index (χ3v) is 6.29. The Balaban J connectivity index is 1.66. The highest BCUT2D eigenvalue weighted by atomic mass is 19.2. The van der Waals surface area contributed by atoms with Crippen LogP contribution in [0.4, 0.5) is 8.78 Å². The predicted octanol–water partition coefficient (Wildman–Crippen LogP) is 4.38. The maximum absolute atomic E-state index is 14.2. The van der Waals surface area contributed by atoms with Gasteiger partial charge in [-0.25, -0.2) is 8.78 Å². The first kappa shape index (κ1) is 13.7. The number of aliphatic hydroxyl groups excluding tert-OH is 1. The summed E-state index contributed by atoms with van der Waals surface area (Å²) in [5, 5.41) is 10.7. The molecule has 0 saturated heterocycles. The van der Waals surface area contributed by atoms with Gasteiger partial charge < -0.3 is 5.11 Å². The predicted molar refractivity (Wildman–Crippen MR) is 76.6 cm³/mol. The van der Waals surface area contributed by atoms with Crippen LogP contribution in [0.15, 0.2) is 12.1 Å². The molecule has 1 atom stereocenters. The SMILES string of the molecule is Cc1ccc(C(O)C2C3CC4CC(C3)CC2C4)c(F)c1F. The smallest absolute Gasteiger partial charge is 0.164 e. The molecule has 0 aliphatic heterocycles. The Morgan fingerprint density at radius 3 is 2.10 bits per heavy atom. The summed E-state index contributed by atoms with van der Waals surface area (Å²) in [5.41, 5.74) is 0.462. The molecule has 0 spiro atoms. The van der Waals surface area contributed by atoms with Gasteiger partial charge in [0.15, 0.2) is 11.6 Å². The average molecular weight is 292 g/mol. The topological polar surface area (TPSA) is 20.2 Å². The summed E-state index contributed by atoms with van der Waals surface area (Å²) in [6.07, 6.45) is 5.18. The monoisotopic (exact) mass is 292 g/mol. The van der Waals surface area contributed by atoms with Crippen LogP contribution >= 0.6 is 0 Å². The number of rotatable bonds is 2. The van der Waals surface area contributed by atoms with Crippen LogP contribution in [0, 0.1) is 48.1 Å². The second-order valence-electron chi connectivity index (χ2n) is 7.55. The standard InChI is InChI=1S/C18H22F2O/c1-9-2-3-14(17(20)16(9)19)18(21)15-12-5-10-4-11(7-12)8-13(15)6-10/h2-3,10-13,15,18,21H,4-8H2,1H3. The first-order valence-electron chi connectivity index (χ1n) is 8.17. The van der Waals surface area contributed by atoms with E-state index in [-0.39, 0.29) is 11.5 Å². The van der Waals surface area contributed by atoms with Gasteiger partial charge in [-0.2, -0.15) is 0 Å². The molecule has 1 aromatic carbocycles. The van der Waals surface area contributed by atoms with Gasteiger partial charge in [0, 0.05) is 5.56 Å². The quantitative estimate of drug-likeness (QED) is 0.857. The highest BCUT2D eigenvalue weighted by Gasteiger charge is 2.50. The van der Waals surface area contributed by atoms with Crippen molar-refractivity contribution in [1.29, 1.82) is 0 Å². The van der Waals surface area contributed by atoms with Gasteiger partial charge in [0.05, 0.1) is 6.10 Å². The van der Waals surface area contributed by atoms with Crippen LogP contribution in [0.2, 0.25) is 0 Å². The lowest BCUT2D eigenvalue weighted by molar-refractivity contribution is -0.0917. The van der Waals surface area contributed by atoms with Crippen molar-refractivity contribution in [2.45, 2.75) is 45.1 Å². The van der Waals surface area contributed by atoms with Crippen molar-refractivity contribution >= 4 is 0 Å². The average Bonchev–Trinajstić information content (AvgIpc) is 2.43. The molecule has 1 nitrogen and oxygen atoms in total. The first-order valence-corrected chi connectivity index (χ1v) is 8.17. The molecule has 1 aromatic rings. The second kappa shape index (κ2) is 4.77. The van der Waals surface area contributed by atoms with Crippen LogP contribution in [-0.2, 0) is 0 Å². The molecule has 4 saturated carbocycles. The minimum atomic E-state index is -0.852. The van der Waals surface area contributed by atoms with Gasteiger partial charge in [-0.15, -0.1) is 0 Å². The van der Waals surface area contributed by atoms with Crippen molar-refractivity contribution in [3.63, 3.8) is 0 Å². The van der Waals surface area contributed by atoms with Crippen molar-refractivity contribution in [3.05, 3.63) is 34.9 Å². The molecule has 1 N–H and O–H groups in total. The van der Waals surface area contributed by atoms with E-state index in [2.05, 4.69) is 0 Å². The molecule has 0 amide bonds. The van der Waals surface area contributed by atoms with Gasteiger partial charge in [-0.05, 0) is 74.2 Å². The molecule has 3 heteroatoms. The molecule has 4 aliphatic carbocycles. The first-order chi connectivity index (χ1) is 10.0. The van der Waals surface area contributed by atoms with E-state index in [0.717, 1.165) is 11.8 Å². The highest BCUT2D eigenvalue weighted by Crippen LogP contribution is 2.59. The summed E-state index contributed by atoms with van der Waals surface area (Å²) in [6.45, 7) is 1.55. The minimum absolute atomic E-state index is 0.120. The fourth-order valence-electron chi connectivity index (χ4n) is 5.58.